The van der Waals surface area contributed by atoms with Crippen LogP contribution >= 0.6 is 0 Å². The Morgan fingerprint density at radius 3 is 3.10 bits per heavy atom. The van der Waals surface area contributed by atoms with Crippen molar-refractivity contribution in [2.24, 2.45) is 4.99 Å². The molecule has 4 heteroatoms. The van der Waals surface area contributed by atoms with Crippen LogP contribution in [0, 0.1) is 0 Å². The highest BCUT2D eigenvalue weighted by molar-refractivity contribution is 5.22. The van der Waals surface area contributed by atoms with E-state index in [0.29, 0.717) is 0 Å². The van der Waals surface area contributed by atoms with E-state index in [4.69, 9.17) is 0 Å². The Hall–Kier alpha value is -1.19. The van der Waals surface area contributed by atoms with Gasteiger partial charge in [-0.3, -0.25) is 4.68 Å². The number of nitrogens with zero attached hydrogens (tertiary/aromatic N) is 4. The lowest BCUT2D eigenvalue weighted by molar-refractivity contribution is 0.584. The maximum absolute atomic E-state index is 3.93. The minimum Gasteiger partial charge on any atom is -0.301 e. The van der Waals surface area contributed by atoms with E-state index in [1.165, 1.54) is 6.33 Å². The summed E-state index contributed by atoms with van der Waals surface area (Å²) in [5, 5.41) is 3.93. The quantitative estimate of drug-likeness (QED) is 0.445. The van der Waals surface area contributed by atoms with Gasteiger partial charge in [-0.05, 0) is 13.1 Å². The first-order chi connectivity index (χ1) is 4.93. The van der Waals surface area contributed by atoms with E-state index in [0.717, 1.165) is 19.5 Å². The van der Waals surface area contributed by atoms with Crippen LogP contribution in [0.1, 0.15) is 6.42 Å². The molecule has 1 aromatic heterocycles. The minimum atomic E-state index is 0.792. The Morgan fingerprint density at radius 2 is 2.50 bits per heavy atom. The maximum atomic E-state index is 3.93. The third-order valence-electron chi connectivity index (χ3n) is 1.17. The number of hydrogen-bond acceptors (Lipinski definition) is 3. The van der Waals surface area contributed by atoms with Gasteiger partial charge in [-0.1, -0.05) is 0 Å². The average Bonchev–Trinajstić information content (AvgIpc) is 2.41. The number of aromatic nitrogens is 3. The summed E-state index contributed by atoms with van der Waals surface area (Å²) in [6, 6.07) is 0. The van der Waals surface area contributed by atoms with E-state index < -0.39 is 0 Å². The van der Waals surface area contributed by atoms with Crippen LogP contribution in [0.3, 0.4) is 0 Å². The van der Waals surface area contributed by atoms with Gasteiger partial charge in [0.05, 0.1) is 0 Å². The van der Waals surface area contributed by atoms with Crippen LogP contribution in [-0.2, 0) is 6.54 Å². The van der Waals surface area contributed by atoms with Crippen molar-refractivity contribution in [1.82, 2.24) is 14.8 Å². The van der Waals surface area contributed by atoms with Crippen molar-refractivity contribution in [2.45, 2.75) is 13.0 Å². The molecule has 0 radical (unpaired) electrons. The normalized spacial score (nSPS) is 9.60. The Kier molecular flexibility index (Phi) is 2.61. The molecule has 0 unspecified atom stereocenters. The molecule has 0 spiro atoms. The van der Waals surface area contributed by atoms with Crippen LogP contribution in [0.25, 0.3) is 0 Å². The molecule has 0 aliphatic rings. The highest BCUT2D eigenvalue weighted by atomic mass is 15.3. The van der Waals surface area contributed by atoms with Crippen LogP contribution < -0.4 is 0 Å². The van der Waals surface area contributed by atoms with Crippen molar-refractivity contribution in [2.75, 3.05) is 6.54 Å². The Balaban J connectivity index is 2.21. The van der Waals surface area contributed by atoms with Gasteiger partial charge in [0, 0.05) is 13.1 Å². The highest BCUT2D eigenvalue weighted by Crippen LogP contribution is 1.86. The van der Waals surface area contributed by atoms with Gasteiger partial charge < -0.3 is 4.99 Å². The summed E-state index contributed by atoms with van der Waals surface area (Å²) in [6.45, 7) is 5.05. The van der Waals surface area contributed by atoms with Gasteiger partial charge in [-0.15, -0.1) is 0 Å². The molecule has 0 aliphatic heterocycles. The Bertz CT molecular complexity index is 180. The molecule has 0 saturated heterocycles. The largest absolute Gasteiger partial charge is 0.301 e. The predicted molar refractivity (Wildman–Crippen MR) is 39.1 cm³/mol. The fourth-order valence-electron chi connectivity index (χ4n) is 0.693. The molecule has 0 aliphatic carbocycles. The zero-order chi connectivity index (χ0) is 7.23. The van der Waals surface area contributed by atoms with E-state index in [-0.39, 0.29) is 0 Å². The van der Waals surface area contributed by atoms with E-state index >= 15 is 0 Å². The van der Waals surface area contributed by atoms with Gasteiger partial charge >= 0.3 is 0 Å². The number of aryl methyl sites for hydroxylation is 1. The molecule has 0 fully saturated rings. The SMILES string of the molecule is C=NCCCn1cncn1. The summed E-state index contributed by atoms with van der Waals surface area (Å²) in [5.74, 6) is 0. The zero-order valence-electron chi connectivity index (χ0n) is 5.77. The minimum absolute atomic E-state index is 0.792. The molecule has 0 saturated carbocycles. The van der Waals surface area contributed by atoms with Crippen molar-refractivity contribution in [3.8, 4) is 0 Å². The van der Waals surface area contributed by atoms with Gasteiger partial charge in [-0.25, -0.2) is 4.98 Å². The van der Waals surface area contributed by atoms with Gasteiger partial charge in [0.25, 0.3) is 0 Å². The molecular weight excluding hydrogens is 128 g/mol. The first kappa shape index (κ1) is 6.92. The third kappa shape index (κ3) is 1.97. The fourth-order valence-corrected chi connectivity index (χ4v) is 0.693. The molecular formula is C6H10N4. The summed E-state index contributed by atoms with van der Waals surface area (Å²) in [5.41, 5.74) is 0. The lowest BCUT2D eigenvalue weighted by Gasteiger charge is -1.95. The predicted octanol–water partition coefficient (Wildman–Crippen LogP) is 0.369. The van der Waals surface area contributed by atoms with Crippen molar-refractivity contribution in [3.63, 3.8) is 0 Å². The molecule has 0 bridgehead atoms. The number of rotatable bonds is 4. The molecule has 1 aromatic rings. The highest BCUT2D eigenvalue weighted by Gasteiger charge is 1.88. The molecule has 4 nitrogen and oxygen atoms in total. The van der Waals surface area contributed by atoms with Crippen LogP contribution in [0.15, 0.2) is 17.6 Å². The van der Waals surface area contributed by atoms with E-state index in [2.05, 4.69) is 21.8 Å². The second-order valence-electron chi connectivity index (χ2n) is 1.96. The standard InChI is InChI=1S/C6H10N4/c1-7-3-2-4-10-6-8-5-9-10/h5-6H,1-4H2. The third-order valence-corrected chi connectivity index (χ3v) is 1.17. The van der Waals surface area contributed by atoms with Gasteiger partial charge in [0.1, 0.15) is 12.7 Å². The van der Waals surface area contributed by atoms with Gasteiger partial charge in [0.15, 0.2) is 0 Å². The molecule has 0 N–H and O–H groups in total. The molecule has 0 aromatic carbocycles. The Labute approximate surface area is 59.6 Å². The maximum Gasteiger partial charge on any atom is 0.137 e. The summed E-state index contributed by atoms with van der Waals surface area (Å²) < 4.78 is 1.78. The molecule has 0 amide bonds. The van der Waals surface area contributed by atoms with Crippen LogP contribution in [0.2, 0.25) is 0 Å². The van der Waals surface area contributed by atoms with Crippen molar-refractivity contribution < 1.29 is 0 Å². The lowest BCUT2D eigenvalue weighted by Crippen LogP contribution is -1.99. The Morgan fingerprint density at radius 1 is 1.60 bits per heavy atom. The topological polar surface area (TPSA) is 43.1 Å². The molecule has 1 heterocycles. The van der Waals surface area contributed by atoms with E-state index in [1.54, 1.807) is 11.0 Å². The van der Waals surface area contributed by atoms with Crippen LogP contribution in [-0.4, -0.2) is 28.0 Å². The summed E-state index contributed by atoms with van der Waals surface area (Å²) in [4.78, 5) is 7.53. The van der Waals surface area contributed by atoms with Crippen molar-refractivity contribution in [1.29, 1.82) is 0 Å². The second kappa shape index (κ2) is 3.76. The van der Waals surface area contributed by atoms with E-state index in [1.807, 2.05) is 0 Å². The van der Waals surface area contributed by atoms with Gasteiger partial charge in [-0.2, -0.15) is 5.10 Å². The number of hydrogen-bond donors (Lipinski definition) is 0. The second-order valence-corrected chi connectivity index (χ2v) is 1.96. The summed E-state index contributed by atoms with van der Waals surface area (Å²) >= 11 is 0. The smallest absolute Gasteiger partial charge is 0.137 e. The van der Waals surface area contributed by atoms with Gasteiger partial charge in [0.2, 0.25) is 0 Å². The van der Waals surface area contributed by atoms with Crippen LogP contribution in [0.5, 0.6) is 0 Å². The van der Waals surface area contributed by atoms with Crippen molar-refractivity contribution in [3.05, 3.63) is 12.7 Å². The molecule has 0 atom stereocenters. The lowest BCUT2D eigenvalue weighted by atomic mass is 10.4. The molecule has 1 rings (SSSR count). The first-order valence-electron chi connectivity index (χ1n) is 3.18. The average molecular weight is 138 g/mol. The monoisotopic (exact) mass is 138 g/mol. The van der Waals surface area contributed by atoms with E-state index in [9.17, 15) is 0 Å². The number of aliphatic imine (C=N–C) groups is 1. The molecule has 10 heavy (non-hydrogen) atoms. The van der Waals surface area contributed by atoms with Crippen LogP contribution in [0.4, 0.5) is 0 Å². The zero-order valence-corrected chi connectivity index (χ0v) is 5.77. The molecule has 54 valence electrons. The summed E-state index contributed by atoms with van der Waals surface area (Å²) in [7, 11) is 0. The summed E-state index contributed by atoms with van der Waals surface area (Å²) in [6.07, 6.45) is 4.21. The fraction of sp³-hybridized carbons (Fsp3) is 0.500. The first-order valence-corrected chi connectivity index (χ1v) is 3.18. The van der Waals surface area contributed by atoms with Crippen molar-refractivity contribution >= 4 is 6.72 Å².